The van der Waals surface area contributed by atoms with Crippen molar-refractivity contribution in [2.45, 2.75) is 6.42 Å². The predicted molar refractivity (Wildman–Crippen MR) is 50.1 cm³/mol. The van der Waals surface area contributed by atoms with E-state index in [0.29, 0.717) is 23.0 Å². The summed E-state index contributed by atoms with van der Waals surface area (Å²) in [5.41, 5.74) is 2.83. The maximum atomic E-state index is 8.81. The van der Waals surface area contributed by atoms with Crippen molar-refractivity contribution in [1.82, 2.24) is 9.97 Å². The van der Waals surface area contributed by atoms with Gasteiger partial charge in [0.1, 0.15) is 6.07 Å². The molecule has 0 unspecified atom stereocenters. The number of nitriles is 2. The number of nitrogens with zero attached hydrogens (tertiary/aromatic N) is 3. The van der Waals surface area contributed by atoms with E-state index in [1.165, 1.54) is 6.33 Å². The molecule has 1 heterocycles. The van der Waals surface area contributed by atoms with E-state index >= 15 is 0 Å². The number of hydrogen-bond acceptors (Lipinski definition) is 3. The molecular formula is C10H6N4. The van der Waals surface area contributed by atoms with Gasteiger partial charge in [-0.25, -0.2) is 4.98 Å². The standard InChI is InChI=1S/C10H6N4/c11-4-3-7-1-2-8(5-12)10-9(7)13-6-14-10/h1-2,6H,3H2,(H,13,14). The molecule has 14 heavy (non-hydrogen) atoms. The van der Waals surface area contributed by atoms with E-state index in [1.54, 1.807) is 12.1 Å². The van der Waals surface area contributed by atoms with Crippen LogP contribution in [0.3, 0.4) is 0 Å². The molecule has 1 aromatic carbocycles. The molecule has 2 aromatic rings. The molecule has 0 radical (unpaired) electrons. The van der Waals surface area contributed by atoms with E-state index in [0.717, 1.165) is 5.56 Å². The minimum atomic E-state index is 0.313. The Morgan fingerprint density at radius 1 is 1.36 bits per heavy atom. The van der Waals surface area contributed by atoms with Crippen molar-refractivity contribution in [2.75, 3.05) is 0 Å². The zero-order valence-corrected chi connectivity index (χ0v) is 7.28. The van der Waals surface area contributed by atoms with Crippen molar-refractivity contribution >= 4 is 11.0 Å². The first-order valence-corrected chi connectivity index (χ1v) is 4.09. The lowest BCUT2D eigenvalue weighted by atomic mass is 10.1. The molecule has 4 heteroatoms. The summed E-state index contributed by atoms with van der Waals surface area (Å²) in [6.45, 7) is 0. The summed E-state index contributed by atoms with van der Waals surface area (Å²) in [6.07, 6.45) is 1.85. The van der Waals surface area contributed by atoms with Crippen molar-refractivity contribution in [3.8, 4) is 12.1 Å². The fraction of sp³-hybridized carbons (Fsp3) is 0.100. The van der Waals surface area contributed by atoms with Crippen LogP contribution in [0.15, 0.2) is 18.5 Å². The molecule has 0 bridgehead atoms. The van der Waals surface area contributed by atoms with Crippen LogP contribution < -0.4 is 0 Å². The summed E-state index contributed by atoms with van der Waals surface area (Å²) < 4.78 is 0. The van der Waals surface area contributed by atoms with Crippen LogP contribution in [0.1, 0.15) is 11.1 Å². The maximum absolute atomic E-state index is 8.81. The maximum Gasteiger partial charge on any atom is 0.101 e. The molecule has 2 rings (SSSR count). The summed E-state index contributed by atoms with van der Waals surface area (Å²) in [7, 11) is 0. The highest BCUT2D eigenvalue weighted by Gasteiger charge is 2.07. The van der Waals surface area contributed by atoms with E-state index in [2.05, 4.69) is 22.1 Å². The molecule has 0 atom stereocenters. The zero-order chi connectivity index (χ0) is 9.97. The first kappa shape index (κ1) is 8.28. The fourth-order valence-electron chi connectivity index (χ4n) is 1.41. The van der Waals surface area contributed by atoms with Crippen LogP contribution in [0.5, 0.6) is 0 Å². The normalized spacial score (nSPS) is 9.57. The molecule has 4 nitrogen and oxygen atoms in total. The fourth-order valence-corrected chi connectivity index (χ4v) is 1.41. The van der Waals surface area contributed by atoms with Crippen LogP contribution in [0.25, 0.3) is 11.0 Å². The van der Waals surface area contributed by atoms with Gasteiger partial charge in [-0.15, -0.1) is 0 Å². The molecule has 0 saturated heterocycles. The monoisotopic (exact) mass is 182 g/mol. The second-order valence-electron chi connectivity index (χ2n) is 2.85. The average molecular weight is 182 g/mol. The molecule has 0 amide bonds. The summed E-state index contributed by atoms with van der Waals surface area (Å²) >= 11 is 0. The lowest BCUT2D eigenvalue weighted by molar-refractivity contribution is 1.26. The van der Waals surface area contributed by atoms with Gasteiger partial charge in [-0.1, -0.05) is 6.07 Å². The first-order chi connectivity index (χ1) is 6.86. The highest BCUT2D eigenvalue weighted by molar-refractivity contribution is 5.84. The Hall–Kier alpha value is -2.33. The quantitative estimate of drug-likeness (QED) is 0.726. The minimum Gasteiger partial charge on any atom is -0.344 e. The second kappa shape index (κ2) is 3.20. The molecule has 66 valence electrons. The molecule has 0 aliphatic carbocycles. The SMILES string of the molecule is N#CCc1ccc(C#N)c2[nH]cnc12. The lowest BCUT2D eigenvalue weighted by Crippen LogP contribution is -1.87. The third kappa shape index (κ3) is 1.10. The zero-order valence-electron chi connectivity index (χ0n) is 7.28. The molecule has 0 fully saturated rings. The number of H-pyrrole nitrogens is 1. The summed E-state index contributed by atoms with van der Waals surface area (Å²) in [6, 6.07) is 7.61. The van der Waals surface area contributed by atoms with Gasteiger partial charge in [-0.2, -0.15) is 10.5 Å². The van der Waals surface area contributed by atoms with E-state index in [9.17, 15) is 0 Å². The summed E-state index contributed by atoms with van der Waals surface area (Å²) in [5, 5.41) is 17.4. The van der Waals surface area contributed by atoms with Gasteiger partial charge < -0.3 is 4.98 Å². The highest BCUT2D eigenvalue weighted by Crippen LogP contribution is 2.18. The van der Waals surface area contributed by atoms with E-state index < -0.39 is 0 Å². The lowest BCUT2D eigenvalue weighted by Gasteiger charge is -1.97. The number of imidazole rings is 1. The molecule has 0 saturated carbocycles. The van der Waals surface area contributed by atoms with Crippen LogP contribution >= 0.6 is 0 Å². The number of nitrogens with one attached hydrogen (secondary N) is 1. The van der Waals surface area contributed by atoms with Crippen molar-refractivity contribution in [2.24, 2.45) is 0 Å². The topological polar surface area (TPSA) is 76.3 Å². The van der Waals surface area contributed by atoms with E-state index in [4.69, 9.17) is 10.5 Å². The highest BCUT2D eigenvalue weighted by atomic mass is 14.9. The first-order valence-electron chi connectivity index (χ1n) is 4.09. The average Bonchev–Trinajstić information content (AvgIpc) is 2.67. The van der Waals surface area contributed by atoms with Crippen LogP contribution in [0.2, 0.25) is 0 Å². The third-order valence-corrected chi connectivity index (χ3v) is 2.05. The predicted octanol–water partition coefficient (Wildman–Crippen LogP) is 1.50. The number of benzene rings is 1. The van der Waals surface area contributed by atoms with Crippen molar-refractivity contribution in [1.29, 1.82) is 10.5 Å². The molecule has 1 aromatic heterocycles. The molecular weight excluding hydrogens is 176 g/mol. The van der Waals surface area contributed by atoms with Crippen LogP contribution in [0, 0.1) is 22.7 Å². The van der Waals surface area contributed by atoms with E-state index in [1.807, 2.05) is 0 Å². The van der Waals surface area contributed by atoms with Gasteiger partial charge in [-0.3, -0.25) is 0 Å². The third-order valence-electron chi connectivity index (χ3n) is 2.05. The number of hydrogen-bond donors (Lipinski definition) is 1. The number of rotatable bonds is 1. The summed E-state index contributed by atoms with van der Waals surface area (Å²) in [4.78, 5) is 6.98. The van der Waals surface area contributed by atoms with Crippen LogP contribution in [0.4, 0.5) is 0 Å². The Labute approximate surface area is 80.4 Å². The van der Waals surface area contributed by atoms with Gasteiger partial charge in [0, 0.05) is 0 Å². The largest absolute Gasteiger partial charge is 0.344 e. The Bertz CT molecular complexity index is 553. The molecule has 1 N–H and O–H groups in total. The number of aromatic amines is 1. The Kier molecular flexibility index (Phi) is 1.89. The van der Waals surface area contributed by atoms with Crippen LogP contribution in [-0.4, -0.2) is 9.97 Å². The Morgan fingerprint density at radius 2 is 2.21 bits per heavy atom. The van der Waals surface area contributed by atoms with Crippen molar-refractivity contribution in [3.05, 3.63) is 29.6 Å². The number of fused-ring (bicyclic) bond motifs is 1. The smallest absolute Gasteiger partial charge is 0.101 e. The van der Waals surface area contributed by atoms with Gasteiger partial charge in [0.25, 0.3) is 0 Å². The van der Waals surface area contributed by atoms with Gasteiger partial charge in [0.05, 0.1) is 35.4 Å². The van der Waals surface area contributed by atoms with E-state index in [-0.39, 0.29) is 0 Å². The molecule has 0 aliphatic rings. The minimum absolute atomic E-state index is 0.313. The second-order valence-corrected chi connectivity index (χ2v) is 2.85. The van der Waals surface area contributed by atoms with Crippen LogP contribution in [-0.2, 0) is 6.42 Å². The van der Waals surface area contributed by atoms with Gasteiger partial charge >= 0.3 is 0 Å². The number of aromatic nitrogens is 2. The Balaban J connectivity index is 2.75. The Morgan fingerprint density at radius 3 is 2.93 bits per heavy atom. The van der Waals surface area contributed by atoms with Gasteiger partial charge in [-0.05, 0) is 11.6 Å². The van der Waals surface area contributed by atoms with Crippen molar-refractivity contribution in [3.63, 3.8) is 0 Å². The summed E-state index contributed by atoms with van der Waals surface area (Å²) in [5.74, 6) is 0. The van der Waals surface area contributed by atoms with Gasteiger partial charge in [0.2, 0.25) is 0 Å². The van der Waals surface area contributed by atoms with Crippen molar-refractivity contribution < 1.29 is 0 Å². The molecule has 0 aliphatic heterocycles. The molecule has 0 spiro atoms. The van der Waals surface area contributed by atoms with Gasteiger partial charge in [0.15, 0.2) is 0 Å².